The van der Waals surface area contributed by atoms with Crippen LogP contribution in [0, 0.1) is 10.1 Å². The number of carbonyl (C=O) groups is 1. The lowest BCUT2D eigenvalue weighted by atomic mass is 10.2. The number of nitrogens with zero attached hydrogens (tertiary/aromatic N) is 1. The van der Waals surface area contributed by atoms with Gasteiger partial charge >= 0.3 is 0 Å². The number of nitro groups is 1. The molecule has 0 aliphatic carbocycles. The van der Waals surface area contributed by atoms with Crippen molar-refractivity contribution in [3.05, 3.63) is 39.3 Å². The van der Waals surface area contributed by atoms with E-state index in [1.165, 1.54) is 17.4 Å². The molecule has 70 valence electrons. The molecule has 1 aromatic carbocycles. The number of carbonyl (C=O) groups excluding carboxylic acids is 1. The highest BCUT2D eigenvalue weighted by atomic mass is 32.1. The molecular formula is C9H5NO3S. The topological polar surface area (TPSA) is 60.2 Å². The maximum atomic E-state index is 10.6. The number of non-ortho nitro benzene ring substituents is 1. The number of benzene rings is 1. The highest BCUT2D eigenvalue weighted by molar-refractivity contribution is 7.18. The quantitative estimate of drug-likeness (QED) is 0.432. The summed E-state index contributed by atoms with van der Waals surface area (Å²) in [6, 6.07) is 4.73. The van der Waals surface area contributed by atoms with Crippen LogP contribution in [0.1, 0.15) is 10.4 Å². The summed E-state index contributed by atoms with van der Waals surface area (Å²) >= 11 is 1.22. The number of thiophene rings is 1. The molecule has 0 atom stereocenters. The SMILES string of the molecule is O=Cc1csc2c([N+](=O)[O-])cccc12. The van der Waals surface area contributed by atoms with Crippen LogP contribution in [0.5, 0.6) is 0 Å². The van der Waals surface area contributed by atoms with Crippen molar-refractivity contribution >= 4 is 33.4 Å². The van der Waals surface area contributed by atoms with Crippen molar-refractivity contribution in [3.8, 4) is 0 Å². The zero-order valence-electron chi connectivity index (χ0n) is 6.97. The van der Waals surface area contributed by atoms with Gasteiger partial charge in [0, 0.05) is 22.4 Å². The normalized spacial score (nSPS) is 10.3. The summed E-state index contributed by atoms with van der Waals surface area (Å²) in [5, 5.41) is 12.9. The molecule has 0 N–H and O–H groups in total. The molecule has 1 aromatic heterocycles. The third kappa shape index (κ3) is 1.18. The third-order valence-corrected chi connectivity index (χ3v) is 2.97. The first-order valence-electron chi connectivity index (χ1n) is 3.84. The minimum absolute atomic E-state index is 0.0561. The average molecular weight is 207 g/mol. The molecule has 0 saturated heterocycles. The number of rotatable bonds is 2. The first-order valence-corrected chi connectivity index (χ1v) is 4.72. The number of aldehydes is 1. The predicted molar refractivity (Wildman–Crippen MR) is 53.9 cm³/mol. The Morgan fingerprint density at radius 2 is 2.21 bits per heavy atom. The number of nitro benzene ring substituents is 1. The van der Waals surface area contributed by atoms with Gasteiger partial charge in [0.1, 0.15) is 4.70 Å². The van der Waals surface area contributed by atoms with Gasteiger partial charge in [0.15, 0.2) is 6.29 Å². The molecule has 4 nitrogen and oxygen atoms in total. The van der Waals surface area contributed by atoms with E-state index in [1.54, 1.807) is 17.5 Å². The number of hydrogen-bond acceptors (Lipinski definition) is 4. The Bertz CT molecular complexity index is 518. The van der Waals surface area contributed by atoms with Crippen LogP contribution in [-0.2, 0) is 0 Å². The summed E-state index contributed by atoms with van der Waals surface area (Å²) in [5.41, 5.74) is 0.564. The highest BCUT2D eigenvalue weighted by Crippen LogP contribution is 2.32. The van der Waals surface area contributed by atoms with Crippen LogP contribution < -0.4 is 0 Å². The Morgan fingerprint density at radius 3 is 2.86 bits per heavy atom. The van der Waals surface area contributed by atoms with Gasteiger partial charge in [-0.25, -0.2) is 0 Å². The van der Waals surface area contributed by atoms with Crippen LogP contribution in [0.2, 0.25) is 0 Å². The maximum Gasteiger partial charge on any atom is 0.287 e. The van der Waals surface area contributed by atoms with E-state index in [9.17, 15) is 14.9 Å². The van der Waals surface area contributed by atoms with E-state index in [1.807, 2.05) is 0 Å². The number of hydrogen-bond donors (Lipinski definition) is 0. The molecule has 0 bridgehead atoms. The molecule has 1 heterocycles. The lowest BCUT2D eigenvalue weighted by Crippen LogP contribution is -1.87. The minimum atomic E-state index is -0.437. The van der Waals surface area contributed by atoms with Crippen LogP contribution in [0.4, 0.5) is 5.69 Å². The van der Waals surface area contributed by atoms with Crippen molar-refractivity contribution in [3.63, 3.8) is 0 Å². The van der Waals surface area contributed by atoms with Crippen LogP contribution in [-0.4, -0.2) is 11.2 Å². The van der Waals surface area contributed by atoms with Crippen molar-refractivity contribution in [2.75, 3.05) is 0 Å². The first-order chi connectivity index (χ1) is 6.74. The fourth-order valence-corrected chi connectivity index (χ4v) is 2.30. The van der Waals surface area contributed by atoms with Crippen LogP contribution in [0.3, 0.4) is 0 Å². The summed E-state index contributed by atoms with van der Waals surface area (Å²) in [5.74, 6) is 0. The van der Waals surface area contributed by atoms with Gasteiger partial charge in [-0.3, -0.25) is 14.9 Å². The molecule has 0 saturated carbocycles. The predicted octanol–water partition coefficient (Wildman–Crippen LogP) is 2.62. The Morgan fingerprint density at radius 1 is 1.43 bits per heavy atom. The molecule has 0 aliphatic heterocycles. The van der Waals surface area contributed by atoms with Crippen molar-refractivity contribution in [1.29, 1.82) is 0 Å². The van der Waals surface area contributed by atoms with E-state index in [2.05, 4.69) is 0 Å². The maximum absolute atomic E-state index is 10.6. The Labute approximate surface area is 82.9 Å². The van der Waals surface area contributed by atoms with Gasteiger partial charge in [0.25, 0.3) is 5.69 Å². The van der Waals surface area contributed by atoms with Gasteiger partial charge < -0.3 is 0 Å². The Kier molecular flexibility index (Phi) is 2.01. The minimum Gasteiger partial charge on any atom is -0.298 e. The van der Waals surface area contributed by atoms with Crippen LogP contribution in [0.25, 0.3) is 10.1 Å². The van der Waals surface area contributed by atoms with Gasteiger partial charge in [-0.15, -0.1) is 11.3 Å². The summed E-state index contributed by atoms with van der Waals surface area (Å²) < 4.78 is 0.555. The molecular weight excluding hydrogens is 202 g/mol. The smallest absolute Gasteiger partial charge is 0.287 e. The van der Waals surface area contributed by atoms with E-state index in [0.717, 1.165) is 0 Å². The summed E-state index contributed by atoms with van der Waals surface area (Å²) in [6.07, 6.45) is 0.711. The molecule has 2 rings (SSSR count). The second-order valence-corrected chi connectivity index (χ2v) is 3.60. The van der Waals surface area contributed by atoms with Gasteiger partial charge in [-0.2, -0.15) is 0 Å². The zero-order valence-corrected chi connectivity index (χ0v) is 7.78. The van der Waals surface area contributed by atoms with E-state index in [0.29, 0.717) is 21.9 Å². The molecule has 0 fully saturated rings. The second-order valence-electron chi connectivity index (χ2n) is 2.72. The van der Waals surface area contributed by atoms with Crippen LogP contribution >= 0.6 is 11.3 Å². The van der Waals surface area contributed by atoms with E-state index < -0.39 is 4.92 Å². The van der Waals surface area contributed by atoms with Crippen molar-refractivity contribution < 1.29 is 9.72 Å². The average Bonchev–Trinajstić information content (AvgIpc) is 2.59. The highest BCUT2D eigenvalue weighted by Gasteiger charge is 2.14. The summed E-state index contributed by atoms with van der Waals surface area (Å²) in [6.45, 7) is 0. The Balaban J connectivity index is 2.82. The Hall–Kier alpha value is -1.75. The lowest BCUT2D eigenvalue weighted by molar-refractivity contribution is -0.382. The van der Waals surface area contributed by atoms with Gasteiger partial charge in [-0.05, 0) is 0 Å². The molecule has 0 unspecified atom stereocenters. The van der Waals surface area contributed by atoms with Crippen LogP contribution in [0.15, 0.2) is 23.6 Å². The van der Waals surface area contributed by atoms with E-state index in [4.69, 9.17) is 0 Å². The number of fused-ring (bicyclic) bond motifs is 1. The molecule has 0 spiro atoms. The van der Waals surface area contributed by atoms with Gasteiger partial charge in [-0.1, -0.05) is 12.1 Å². The molecule has 2 aromatic rings. The molecule has 0 radical (unpaired) electrons. The van der Waals surface area contributed by atoms with Gasteiger partial charge in [0.05, 0.1) is 4.92 Å². The fourth-order valence-electron chi connectivity index (χ4n) is 1.30. The summed E-state index contributed by atoms with van der Waals surface area (Å²) in [7, 11) is 0. The molecule has 0 amide bonds. The molecule has 14 heavy (non-hydrogen) atoms. The lowest BCUT2D eigenvalue weighted by Gasteiger charge is -1.92. The van der Waals surface area contributed by atoms with E-state index >= 15 is 0 Å². The third-order valence-electron chi connectivity index (χ3n) is 1.93. The first kappa shape index (κ1) is 8.83. The monoisotopic (exact) mass is 207 g/mol. The standard InChI is InChI=1S/C9H5NO3S/c11-4-6-5-14-9-7(6)2-1-3-8(9)10(12)13/h1-5H. The van der Waals surface area contributed by atoms with Gasteiger partial charge in [0.2, 0.25) is 0 Å². The largest absolute Gasteiger partial charge is 0.298 e. The zero-order chi connectivity index (χ0) is 10.1. The fraction of sp³-hybridized carbons (Fsp3) is 0. The van der Waals surface area contributed by atoms with Crippen molar-refractivity contribution in [1.82, 2.24) is 0 Å². The van der Waals surface area contributed by atoms with Crippen molar-refractivity contribution in [2.45, 2.75) is 0 Å². The molecule has 5 heteroatoms. The van der Waals surface area contributed by atoms with E-state index in [-0.39, 0.29) is 5.69 Å². The second kappa shape index (κ2) is 3.19. The molecule has 0 aliphatic rings. The summed E-state index contributed by atoms with van der Waals surface area (Å²) in [4.78, 5) is 20.8. The van der Waals surface area contributed by atoms with Crippen molar-refractivity contribution in [2.24, 2.45) is 0 Å².